The number of rotatable bonds is 5. The van der Waals surface area contributed by atoms with Gasteiger partial charge in [-0.3, -0.25) is 0 Å². The van der Waals surface area contributed by atoms with E-state index in [4.69, 9.17) is 4.65 Å². The van der Waals surface area contributed by atoms with E-state index in [9.17, 15) is 8.42 Å². The van der Waals surface area contributed by atoms with Gasteiger partial charge in [0, 0.05) is 19.7 Å². The zero-order chi connectivity index (χ0) is 14.6. The number of amidine groups is 1. The number of hydrogen-bond acceptors (Lipinski definition) is 3. The maximum Gasteiger partial charge on any atom is 0.369 e. The second kappa shape index (κ2) is 6.13. The Bertz CT molecular complexity index is 624. The first-order chi connectivity index (χ1) is 9.53. The van der Waals surface area contributed by atoms with E-state index >= 15 is 0 Å². The molecule has 5 nitrogen and oxygen atoms in total. The summed E-state index contributed by atoms with van der Waals surface area (Å²) in [5.74, 6) is 1.13. The van der Waals surface area contributed by atoms with Gasteiger partial charge in [-0.1, -0.05) is 13.0 Å². The van der Waals surface area contributed by atoms with Gasteiger partial charge in [0.2, 0.25) is 0 Å². The van der Waals surface area contributed by atoms with Gasteiger partial charge in [-0.2, -0.15) is 8.42 Å². The van der Waals surface area contributed by atoms with E-state index in [1.807, 2.05) is 13.0 Å². The van der Waals surface area contributed by atoms with Crippen molar-refractivity contribution in [3.63, 3.8) is 0 Å². The lowest BCUT2D eigenvalue weighted by molar-refractivity contribution is 0.589. The van der Waals surface area contributed by atoms with Gasteiger partial charge < -0.3 is 9.55 Å². The second-order valence-electron chi connectivity index (χ2n) is 4.35. The smallest absolute Gasteiger partial charge is 0.369 e. The van der Waals surface area contributed by atoms with Crippen molar-refractivity contribution in [2.45, 2.75) is 24.6 Å². The molecular weight excluding hydrogens is 275 g/mol. The summed E-state index contributed by atoms with van der Waals surface area (Å²) in [6.45, 7) is 1.96. The van der Waals surface area contributed by atoms with Crippen molar-refractivity contribution >= 4 is 23.3 Å². The molecule has 20 heavy (non-hydrogen) atoms. The fourth-order valence-electron chi connectivity index (χ4n) is 1.71. The van der Waals surface area contributed by atoms with E-state index in [2.05, 4.69) is 4.40 Å². The fourth-order valence-corrected chi connectivity index (χ4v) is 2.78. The van der Waals surface area contributed by atoms with E-state index in [1.54, 1.807) is 37.8 Å². The third-order valence-electron chi connectivity index (χ3n) is 2.77. The highest BCUT2D eigenvalue weighted by Crippen LogP contribution is 2.19. The molecule has 1 aliphatic rings. The highest BCUT2D eigenvalue weighted by atomic mass is 32.2. The van der Waals surface area contributed by atoms with Crippen molar-refractivity contribution in [1.29, 1.82) is 0 Å². The largest absolute Gasteiger partial charge is 0.563 e. The summed E-state index contributed by atoms with van der Waals surface area (Å²) < 4.78 is 33.5. The Morgan fingerprint density at radius 1 is 1.35 bits per heavy atom. The molecule has 0 aliphatic carbocycles. The summed E-state index contributed by atoms with van der Waals surface area (Å²) in [7, 11) is -0.245. The molecular formula is C13H16BN2O3S. The third kappa shape index (κ3) is 3.42. The SMILES string of the molecule is CC[B]Oc1ccc(S(=O)(=O)N=C2CC=CN2C)cc1. The predicted octanol–water partition coefficient (Wildman–Crippen LogP) is 2.06. The van der Waals surface area contributed by atoms with Gasteiger partial charge in [0.1, 0.15) is 5.84 Å². The van der Waals surface area contributed by atoms with Crippen molar-refractivity contribution in [3.05, 3.63) is 36.5 Å². The van der Waals surface area contributed by atoms with Gasteiger partial charge in [-0.25, -0.2) is 0 Å². The van der Waals surface area contributed by atoms with Crippen molar-refractivity contribution < 1.29 is 13.1 Å². The van der Waals surface area contributed by atoms with Crippen LogP contribution in [0, 0.1) is 0 Å². The molecule has 1 heterocycles. The van der Waals surface area contributed by atoms with E-state index in [1.165, 1.54) is 12.1 Å². The summed E-state index contributed by atoms with van der Waals surface area (Å²) in [6.07, 6.45) is 4.98. The number of nitrogens with zero attached hydrogens (tertiary/aromatic N) is 2. The molecule has 1 aromatic rings. The molecule has 0 saturated carbocycles. The first kappa shape index (κ1) is 14.6. The molecule has 0 aromatic heterocycles. The van der Waals surface area contributed by atoms with Crippen LogP contribution in [0.5, 0.6) is 5.75 Å². The molecule has 0 unspecified atom stereocenters. The molecule has 0 bridgehead atoms. The van der Waals surface area contributed by atoms with Crippen LogP contribution in [-0.4, -0.2) is 33.7 Å². The van der Waals surface area contributed by atoms with Crippen LogP contribution < -0.4 is 4.65 Å². The maximum atomic E-state index is 12.2. The molecule has 0 amide bonds. The van der Waals surface area contributed by atoms with Crippen LogP contribution in [0.4, 0.5) is 0 Å². The van der Waals surface area contributed by atoms with E-state index in [0.29, 0.717) is 18.0 Å². The standard InChI is InChI=1S/C13H16BN2O3S/c1-3-14-19-11-6-8-12(9-7-11)20(17,18)15-13-5-4-10-16(13)2/h4,6-10H,3,5H2,1-2H3. The quantitative estimate of drug-likeness (QED) is 0.779. The molecule has 1 aromatic carbocycles. The zero-order valence-corrected chi connectivity index (χ0v) is 12.3. The minimum atomic E-state index is -3.67. The fraction of sp³-hybridized carbons (Fsp3) is 0.308. The van der Waals surface area contributed by atoms with Crippen LogP contribution in [0.1, 0.15) is 13.3 Å². The molecule has 0 N–H and O–H groups in total. The Morgan fingerprint density at radius 3 is 2.60 bits per heavy atom. The molecule has 0 fully saturated rings. The first-order valence-electron chi connectivity index (χ1n) is 6.34. The van der Waals surface area contributed by atoms with Crippen LogP contribution in [0.25, 0.3) is 0 Å². The molecule has 7 heteroatoms. The van der Waals surface area contributed by atoms with Crippen LogP contribution in [0.2, 0.25) is 6.32 Å². The van der Waals surface area contributed by atoms with E-state index in [-0.39, 0.29) is 4.90 Å². The van der Waals surface area contributed by atoms with Crippen molar-refractivity contribution in [1.82, 2.24) is 4.90 Å². The summed E-state index contributed by atoms with van der Waals surface area (Å²) in [6, 6.07) is 6.24. The number of hydrogen-bond donors (Lipinski definition) is 0. The Morgan fingerprint density at radius 2 is 2.05 bits per heavy atom. The molecule has 0 atom stereocenters. The molecule has 105 valence electrons. The predicted molar refractivity (Wildman–Crippen MR) is 79.4 cm³/mol. The summed E-state index contributed by atoms with van der Waals surface area (Å²) in [5.41, 5.74) is 0. The van der Waals surface area contributed by atoms with Crippen LogP contribution >= 0.6 is 0 Å². The lowest BCUT2D eigenvalue weighted by atomic mass is 9.97. The van der Waals surface area contributed by atoms with Gasteiger partial charge in [-0.15, -0.1) is 4.40 Å². The van der Waals surface area contributed by atoms with Crippen LogP contribution in [-0.2, 0) is 10.0 Å². The Hall–Kier alpha value is -1.76. The average Bonchev–Trinajstić information content (AvgIpc) is 2.82. The first-order valence-corrected chi connectivity index (χ1v) is 7.78. The van der Waals surface area contributed by atoms with E-state index < -0.39 is 10.0 Å². The normalized spacial score (nSPS) is 16.7. The van der Waals surface area contributed by atoms with Gasteiger partial charge in [-0.05, 0) is 30.6 Å². The minimum Gasteiger partial charge on any atom is -0.563 e. The third-order valence-corrected chi connectivity index (χ3v) is 4.09. The lowest BCUT2D eigenvalue weighted by Gasteiger charge is -2.10. The van der Waals surface area contributed by atoms with Crippen molar-refractivity contribution in [2.75, 3.05) is 7.05 Å². The Balaban J connectivity index is 2.18. The van der Waals surface area contributed by atoms with Gasteiger partial charge >= 0.3 is 7.48 Å². The van der Waals surface area contributed by atoms with E-state index in [0.717, 1.165) is 6.32 Å². The highest BCUT2D eigenvalue weighted by Gasteiger charge is 2.17. The summed E-state index contributed by atoms with van der Waals surface area (Å²) in [4.78, 5) is 1.86. The highest BCUT2D eigenvalue weighted by molar-refractivity contribution is 7.90. The van der Waals surface area contributed by atoms with Gasteiger partial charge in [0.25, 0.3) is 10.0 Å². The Kier molecular flexibility index (Phi) is 4.49. The van der Waals surface area contributed by atoms with Gasteiger partial charge in [0.05, 0.1) is 10.6 Å². The minimum absolute atomic E-state index is 0.161. The number of benzene rings is 1. The molecule has 2 rings (SSSR count). The Labute approximate surface area is 120 Å². The van der Waals surface area contributed by atoms with Crippen molar-refractivity contribution in [2.24, 2.45) is 4.40 Å². The second-order valence-corrected chi connectivity index (χ2v) is 5.95. The monoisotopic (exact) mass is 291 g/mol. The summed E-state index contributed by atoms with van der Waals surface area (Å²) >= 11 is 0. The number of sulfonamides is 1. The lowest BCUT2D eigenvalue weighted by Crippen LogP contribution is -2.17. The van der Waals surface area contributed by atoms with Crippen LogP contribution in [0.15, 0.2) is 45.8 Å². The maximum absolute atomic E-state index is 12.2. The zero-order valence-electron chi connectivity index (χ0n) is 11.5. The molecule has 0 spiro atoms. The topological polar surface area (TPSA) is 59.0 Å². The molecule has 1 radical (unpaired) electrons. The van der Waals surface area contributed by atoms with Crippen molar-refractivity contribution in [3.8, 4) is 5.75 Å². The average molecular weight is 291 g/mol. The molecule has 0 saturated heterocycles. The van der Waals surface area contributed by atoms with Gasteiger partial charge in [0.15, 0.2) is 0 Å². The molecule has 1 aliphatic heterocycles. The summed E-state index contributed by atoms with van der Waals surface area (Å²) in [5, 5.41) is 0. The van der Waals surface area contributed by atoms with Crippen LogP contribution in [0.3, 0.4) is 0 Å².